The van der Waals surface area contributed by atoms with E-state index < -0.39 is 0 Å². The van der Waals surface area contributed by atoms with Crippen molar-refractivity contribution in [2.45, 2.75) is 6.42 Å². The standard InChI is InChI=1S/C16H16N2OS/c1-2-5-14(6-3-1)19-10-4-9-17-13-7-8-15-16(11-13)20-12-18-15/h1-3,5-8,11-12,17H,4,9-10H2. The molecule has 0 fully saturated rings. The first-order valence-corrected chi connectivity index (χ1v) is 7.55. The number of thiazole rings is 1. The Hall–Kier alpha value is -2.07. The van der Waals surface area contributed by atoms with Crippen molar-refractivity contribution in [3.05, 3.63) is 54.0 Å². The zero-order chi connectivity index (χ0) is 13.6. The summed E-state index contributed by atoms with van der Waals surface area (Å²) in [6.45, 7) is 1.62. The molecule has 1 aromatic heterocycles. The van der Waals surface area contributed by atoms with Gasteiger partial charge in [0, 0.05) is 12.2 Å². The quantitative estimate of drug-likeness (QED) is 0.690. The maximum absolute atomic E-state index is 5.65. The van der Waals surface area contributed by atoms with Gasteiger partial charge in [-0.1, -0.05) is 18.2 Å². The van der Waals surface area contributed by atoms with Crippen LogP contribution in [0.5, 0.6) is 5.75 Å². The molecule has 0 aliphatic carbocycles. The normalized spacial score (nSPS) is 10.6. The SMILES string of the molecule is c1ccc(OCCCNc2ccc3ncsc3c2)cc1. The number of nitrogens with zero attached hydrogens (tertiary/aromatic N) is 1. The molecule has 0 saturated heterocycles. The number of hydrogen-bond donors (Lipinski definition) is 1. The second-order valence-corrected chi connectivity index (χ2v) is 5.36. The van der Waals surface area contributed by atoms with E-state index in [2.05, 4.69) is 28.5 Å². The fourth-order valence-corrected chi connectivity index (χ4v) is 2.69. The zero-order valence-corrected chi connectivity index (χ0v) is 11.9. The summed E-state index contributed by atoms with van der Waals surface area (Å²) in [5.41, 5.74) is 4.08. The maximum Gasteiger partial charge on any atom is 0.119 e. The van der Waals surface area contributed by atoms with Crippen LogP contribution >= 0.6 is 11.3 Å². The van der Waals surface area contributed by atoms with Crippen molar-refractivity contribution in [3.8, 4) is 5.75 Å². The van der Waals surface area contributed by atoms with Gasteiger partial charge in [0.2, 0.25) is 0 Å². The van der Waals surface area contributed by atoms with Crippen LogP contribution in [0.25, 0.3) is 10.2 Å². The molecule has 3 nitrogen and oxygen atoms in total. The molecule has 0 spiro atoms. The van der Waals surface area contributed by atoms with Crippen LogP contribution in [0.2, 0.25) is 0 Å². The van der Waals surface area contributed by atoms with Crippen molar-refractivity contribution in [2.24, 2.45) is 0 Å². The average molecular weight is 284 g/mol. The monoisotopic (exact) mass is 284 g/mol. The van der Waals surface area contributed by atoms with Gasteiger partial charge in [-0.15, -0.1) is 11.3 Å². The van der Waals surface area contributed by atoms with Crippen LogP contribution in [0.1, 0.15) is 6.42 Å². The topological polar surface area (TPSA) is 34.1 Å². The van der Waals surface area contributed by atoms with Gasteiger partial charge in [-0.2, -0.15) is 0 Å². The molecule has 0 bridgehead atoms. The Morgan fingerprint density at radius 1 is 1.10 bits per heavy atom. The van der Waals surface area contributed by atoms with E-state index in [4.69, 9.17) is 4.74 Å². The van der Waals surface area contributed by atoms with Crippen LogP contribution in [0.4, 0.5) is 5.69 Å². The number of para-hydroxylation sites is 1. The van der Waals surface area contributed by atoms with Crippen molar-refractivity contribution in [1.29, 1.82) is 0 Å². The minimum absolute atomic E-state index is 0.722. The number of nitrogens with one attached hydrogen (secondary N) is 1. The highest BCUT2D eigenvalue weighted by Gasteiger charge is 1.98. The van der Waals surface area contributed by atoms with E-state index in [0.29, 0.717) is 0 Å². The molecule has 0 amide bonds. The van der Waals surface area contributed by atoms with Crippen LogP contribution in [0.3, 0.4) is 0 Å². The van der Waals surface area contributed by atoms with E-state index in [1.165, 1.54) is 4.70 Å². The third-order valence-corrected chi connectivity index (χ3v) is 3.79. The summed E-state index contributed by atoms with van der Waals surface area (Å²) in [6, 6.07) is 16.2. The van der Waals surface area contributed by atoms with Gasteiger partial charge in [0.25, 0.3) is 0 Å². The van der Waals surface area contributed by atoms with Crippen molar-refractivity contribution in [1.82, 2.24) is 4.98 Å². The summed E-state index contributed by atoms with van der Waals surface area (Å²) in [5, 5.41) is 3.41. The second-order valence-electron chi connectivity index (χ2n) is 4.48. The fourth-order valence-electron chi connectivity index (χ4n) is 1.98. The van der Waals surface area contributed by atoms with Crippen LogP contribution < -0.4 is 10.1 Å². The number of fused-ring (bicyclic) bond motifs is 1. The molecule has 3 rings (SSSR count). The Labute approximate surface area is 122 Å². The Morgan fingerprint density at radius 3 is 2.90 bits per heavy atom. The van der Waals surface area contributed by atoms with Crippen LogP contribution in [-0.2, 0) is 0 Å². The molecule has 0 aliphatic heterocycles. The third-order valence-electron chi connectivity index (χ3n) is 2.99. The molecule has 1 heterocycles. The van der Waals surface area contributed by atoms with Gasteiger partial charge in [0.1, 0.15) is 5.75 Å². The molecular formula is C16H16N2OS. The molecule has 2 aromatic carbocycles. The van der Waals surface area contributed by atoms with E-state index in [1.54, 1.807) is 11.3 Å². The number of rotatable bonds is 6. The van der Waals surface area contributed by atoms with Gasteiger partial charge in [-0.25, -0.2) is 4.98 Å². The zero-order valence-electron chi connectivity index (χ0n) is 11.1. The lowest BCUT2D eigenvalue weighted by molar-refractivity contribution is 0.315. The number of anilines is 1. The second kappa shape index (κ2) is 6.39. The molecule has 0 radical (unpaired) electrons. The highest BCUT2D eigenvalue weighted by molar-refractivity contribution is 7.16. The molecule has 1 N–H and O–H groups in total. The molecule has 3 aromatic rings. The van der Waals surface area contributed by atoms with Gasteiger partial charge in [-0.3, -0.25) is 0 Å². The summed E-state index contributed by atoms with van der Waals surface area (Å²) < 4.78 is 6.87. The molecular weight excluding hydrogens is 268 g/mol. The maximum atomic E-state index is 5.65. The first-order valence-electron chi connectivity index (χ1n) is 6.67. The van der Waals surface area contributed by atoms with Crippen molar-refractivity contribution in [2.75, 3.05) is 18.5 Å². The predicted molar refractivity (Wildman–Crippen MR) is 84.7 cm³/mol. The van der Waals surface area contributed by atoms with E-state index in [1.807, 2.05) is 35.8 Å². The van der Waals surface area contributed by atoms with Gasteiger partial charge in [0.05, 0.1) is 22.3 Å². The van der Waals surface area contributed by atoms with Gasteiger partial charge >= 0.3 is 0 Å². The van der Waals surface area contributed by atoms with Crippen LogP contribution in [0.15, 0.2) is 54.0 Å². The Bertz CT molecular complexity index is 666. The van der Waals surface area contributed by atoms with Crippen molar-refractivity contribution < 1.29 is 4.74 Å². The molecule has 0 atom stereocenters. The molecule has 102 valence electrons. The predicted octanol–water partition coefficient (Wildman–Crippen LogP) is 4.18. The molecule has 4 heteroatoms. The van der Waals surface area contributed by atoms with E-state index in [-0.39, 0.29) is 0 Å². The summed E-state index contributed by atoms with van der Waals surface area (Å²) in [4.78, 5) is 4.27. The smallest absolute Gasteiger partial charge is 0.119 e. The fraction of sp³-hybridized carbons (Fsp3) is 0.188. The third kappa shape index (κ3) is 3.27. The number of hydrogen-bond acceptors (Lipinski definition) is 4. The Morgan fingerprint density at radius 2 is 2.00 bits per heavy atom. The summed E-state index contributed by atoms with van der Waals surface area (Å²) >= 11 is 1.67. The summed E-state index contributed by atoms with van der Waals surface area (Å²) in [7, 11) is 0. The molecule has 20 heavy (non-hydrogen) atoms. The highest BCUT2D eigenvalue weighted by atomic mass is 32.1. The lowest BCUT2D eigenvalue weighted by atomic mass is 10.3. The molecule has 0 saturated carbocycles. The van der Waals surface area contributed by atoms with Crippen LogP contribution in [-0.4, -0.2) is 18.1 Å². The molecule has 0 unspecified atom stereocenters. The van der Waals surface area contributed by atoms with Crippen molar-refractivity contribution in [3.63, 3.8) is 0 Å². The van der Waals surface area contributed by atoms with Crippen LogP contribution in [0, 0.1) is 0 Å². The van der Waals surface area contributed by atoms with E-state index >= 15 is 0 Å². The molecule has 0 aliphatic rings. The minimum Gasteiger partial charge on any atom is -0.494 e. The summed E-state index contributed by atoms with van der Waals surface area (Å²) in [5.74, 6) is 0.929. The average Bonchev–Trinajstić information content (AvgIpc) is 2.95. The largest absolute Gasteiger partial charge is 0.494 e. The summed E-state index contributed by atoms with van der Waals surface area (Å²) in [6.07, 6.45) is 0.968. The van der Waals surface area contributed by atoms with Crippen molar-refractivity contribution >= 4 is 27.2 Å². The van der Waals surface area contributed by atoms with Gasteiger partial charge in [-0.05, 0) is 36.8 Å². The first-order chi connectivity index (χ1) is 9.92. The van der Waals surface area contributed by atoms with Gasteiger partial charge in [0.15, 0.2) is 0 Å². The Kier molecular flexibility index (Phi) is 4.13. The first kappa shape index (κ1) is 12.9. The van der Waals surface area contributed by atoms with E-state index in [0.717, 1.165) is 36.5 Å². The lowest BCUT2D eigenvalue weighted by Gasteiger charge is -2.08. The number of aromatic nitrogens is 1. The number of ether oxygens (including phenoxy) is 1. The van der Waals surface area contributed by atoms with Gasteiger partial charge < -0.3 is 10.1 Å². The highest BCUT2D eigenvalue weighted by Crippen LogP contribution is 2.21. The minimum atomic E-state index is 0.722. The number of benzene rings is 2. The lowest BCUT2D eigenvalue weighted by Crippen LogP contribution is -2.07. The van der Waals surface area contributed by atoms with E-state index in [9.17, 15) is 0 Å². The Balaban J connectivity index is 1.43.